The van der Waals surface area contributed by atoms with Crippen LogP contribution in [0.1, 0.15) is 18.1 Å². The molecule has 0 atom stereocenters. The van der Waals surface area contributed by atoms with Crippen LogP contribution in [0, 0.1) is 0 Å². The lowest BCUT2D eigenvalue weighted by atomic mass is 10.0. The van der Waals surface area contributed by atoms with Crippen molar-refractivity contribution >= 4 is 44.2 Å². The summed E-state index contributed by atoms with van der Waals surface area (Å²) in [5.74, 6) is -0.497. The standard InChI is InChI=1S/C16H11Cl2F3N2O3S/c1-10(17)22-23-15(11-2-6-13(18)7-3-11)12-4-8-14(9-5-12)26-27(24,25)16(19,20)21/h2-9H,1H3. The molecule has 0 saturated heterocycles. The van der Waals surface area contributed by atoms with Crippen molar-refractivity contribution < 1.29 is 25.8 Å². The largest absolute Gasteiger partial charge is 0.534 e. The van der Waals surface area contributed by atoms with Gasteiger partial charge in [0.25, 0.3) is 0 Å². The van der Waals surface area contributed by atoms with E-state index in [4.69, 9.17) is 23.2 Å². The second kappa shape index (κ2) is 8.28. The van der Waals surface area contributed by atoms with Crippen LogP contribution in [0.2, 0.25) is 5.02 Å². The summed E-state index contributed by atoms with van der Waals surface area (Å²) >= 11 is 11.5. The molecule has 0 radical (unpaired) electrons. The van der Waals surface area contributed by atoms with Gasteiger partial charge in [0.1, 0.15) is 16.6 Å². The third kappa shape index (κ3) is 5.69. The van der Waals surface area contributed by atoms with Crippen LogP contribution in [0.5, 0.6) is 5.75 Å². The molecule has 5 nitrogen and oxygen atoms in total. The van der Waals surface area contributed by atoms with Crippen LogP contribution >= 0.6 is 23.2 Å². The van der Waals surface area contributed by atoms with E-state index in [1.807, 2.05) is 0 Å². The minimum atomic E-state index is -5.75. The van der Waals surface area contributed by atoms with E-state index in [2.05, 4.69) is 14.4 Å². The molecule has 0 heterocycles. The van der Waals surface area contributed by atoms with Crippen molar-refractivity contribution in [3.63, 3.8) is 0 Å². The molecule has 144 valence electrons. The maximum absolute atomic E-state index is 12.4. The fraction of sp³-hybridized carbons (Fsp3) is 0.125. The summed E-state index contributed by atoms with van der Waals surface area (Å²) < 4.78 is 63.3. The van der Waals surface area contributed by atoms with Gasteiger partial charge < -0.3 is 4.18 Å². The van der Waals surface area contributed by atoms with Crippen LogP contribution in [0.25, 0.3) is 0 Å². The zero-order valence-electron chi connectivity index (χ0n) is 13.5. The number of hydrogen-bond donors (Lipinski definition) is 0. The minimum absolute atomic E-state index is 0.165. The van der Waals surface area contributed by atoms with E-state index in [0.717, 1.165) is 12.1 Å². The number of halogens is 5. The summed E-state index contributed by atoms with van der Waals surface area (Å²) in [6.45, 7) is 1.52. The normalized spacial score (nSPS) is 13.6. The minimum Gasteiger partial charge on any atom is -0.376 e. The van der Waals surface area contributed by atoms with Crippen molar-refractivity contribution in [1.29, 1.82) is 0 Å². The molecule has 0 aromatic heterocycles. The van der Waals surface area contributed by atoms with Crippen LogP contribution in [-0.2, 0) is 10.1 Å². The molecule has 2 aromatic rings. The molecular weight excluding hydrogens is 428 g/mol. The molecule has 0 saturated carbocycles. The molecule has 0 aliphatic heterocycles. The zero-order chi connectivity index (χ0) is 20.2. The van der Waals surface area contributed by atoms with E-state index in [9.17, 15) is 21.6 Å². The molecule has 0 unspecified atom stereocenters. The molecule has 0 bridgehead atoms. The molecule has 0 N–H and O–H groups in total. The highest BCUT2D eigenvalue weighted by Gasteiger charge is 2.48. The van der Waals surface area contributed by atoms with Crippen molar-refractivity contribution in [2.24, 2.45) is 10.2 Å². The fourth-order valence-electron chi connectivity index (χ4n) is 1.85. The maximum atomic E-state index is 12.4. The number of benzene rings is 2. The summed E-state index contributed by atoms with van der Waals surface area (Å²) in [4.78, 5) is 0. The van der Waals surface area contributed by atoms with Gasteiger partial charge in [0.05, 0.1) is 0 Å². The summed E-state index contributed by atoms with van der Waals surface area (Å²) in [7, 11) is -5.75. The number of hydrogen-bond acceptors (Lipinski definition) is 5. The van der Waals surface area contributed by atoms with Crippen molar-refractivity contribution in [2.75, 3.05) is 0 Å². The molecular formula is C16H11Cl2F3N2O3S. The van der Waals surface area contributed by atoms with E-state index >= 15 is 0 Å². The fourth-order valence-corrected chi connectivity index (χ4v) is 2.47. The van der Waals surface area contributed by atoms with Gasteiger partial charge in [0.15, 0.2) is 0 Å². The number of rotatable bonds is 5. The Morgan fingerprint density at radius 3 is 1.89 bits per heavy atom. The van der Waals surface area contributed by atoms with Crippen molar-refractivity contribution in [1.82, 2.24) is 0 Å². The molecule has 0 spiro atoms. The number of alkyl halides is 3. The average Bonchev–Trinajstić information content (AvgIpc) is 2.56. The first-order chi connectivity index (χ1) is 12.5. The van der Waals surface area contributed by atoms with E-state index in [1.54, 1.807) is 24.3 Å². The van der Waals surface area contributed by atoms with Gasteiger partial charge in [-0.3, -0.25) is 0 Å². The highest BCUT2D eigenvalue weighted by molar-refractivity contribution is 7.88. The highest BCUT2D eigenvalue weighted by atomic mass is 35.5. The summed E-state index contributed by atoms with van der Waals surface area (Å²) in [5, 5.41) is 8.46. The van der Waals surface area contributed by atoms with Crippen LogP contribution in [-0.4, -0.2) is 24.8 Å². The Labute approximate surface area is 163 Å². The number of nitrogens with zero attached hydrogens (tertiary/aromatic N) is 2. The Morgan fingerprint density at radius 1 is 0.963 bits per heavy atom. The third-order valence-electron chi connectivity index (χ3n) is 3.02. The lowest BCUT2D eigenvalue weighted by molar-refractivity contribution is -0.0500. The van der Waals surface area contributed by atoms with Gasteiger partial charge in [-0.15, -0.1) is 10.2 Å². The summed E-state index contributed by atoms with van der Waals surface area (Å²) in [6.07, 6.45) is 0. The van der Waals surface area contributed by atoms with Crippen LogP contribution < -0.4 is 4.18 Å². The molecule has 0 aliphatic rings. The zero-order valence-corrected chi connectivity index (χ0v) is 15.9. The van der Waals surface area contributed by atoms with Gasteiger partial charge in [-0.05, 0) is 43.3 Å². The predicted molar refractivity (Wildman–Crippen MR) is 98.1 cm³/mol. The van der Waals surface area contributed by atoms with Crippen molar-refractivity contribution in [2.45, 2.75) is 12.4 Å². The molecule has 2 aromatic carbocycles. The lowest BCUT2D eigenvalue weighted by Gasteiger charge is -2.10. The van der Waals surface area contributed by atoms with E-state index in [-0.39, 0.29) is 5.17 Å². The first-order valence-corrected chi connectivity index (χ1v) is 9.31. The van der Waals surface area contributed by atoms with Gasteiger partial charge in [-0.25, -0.2) is 0 Å². The highest BCUT2D eigenvalue weighted by Crippen LogP contribution is 2.27. The Balaban J connectivity index is 2.39. The van der Waals surface area contributed by atoms with E-state index in [0.29, 0.717) is 21.9 Å². The molecule has 0 amide bonds. The summed E-state index contributed by atoms with van der Waals surface area (Å²) in [5.41, 5.74) is -4.13. The van der Waals surface area contributed by atoms with Gasteiger partial charge in [0.2, 0.25) is 0 Å². The predicted octanol–water partition coefficient (Wildman–Crippen LogP) is 4.98. The Kier molecular flexibility index (Phi) is 6.50. The van der Waals surface area contributed by atoms with Crippen molar-refractivity contribution in [3.8, 4) is 5.75 Å². The quantitative estimate of drug-likeness (QED) is 0.286. The van der Waals surface area contributed by atoms with Gasteiger partial charge >= 0.3 is 15.6 Å². The second-order valence-electron chi connectivity index (χ2n) is 5.06. The lowest BCUT2D eigenvalue weighted by Crippen LogP contribution is -2.28. The first-order valence-electron chi connectivity index (χ1n) is 7.14. The molecule has 0 aliphatic carbocycles. The first kappa shape index (κ1) is 21.2. The SMILES string of the molecule is CC(Cl)=NN=C(c1ccc(Cl)cc1)c1ccc(OS(=O)(=O)C(F)(F)F)cc1. The smallest absolute Gasteiger partial charge is 0.376 e. The second-order valence-corrected chi connectivity index (χ2v) is 7.58. The monoisotopic (exact) mass is 438 g/mol. The topological polar surface area (TPSA) is 68.1 Å². The molecule has 0 fully saturated rings. The Morgan fingerprint density at radius 2 is 1.44 bits per heavy atom. The van der Waals surface area contributed by atoms with Crippen LogP contribution in [0.3, 0.4) is 0 Å². The van der Waals surface area contributed by atoms with Gasteiger partial charge in [0, 0.05) is 16.1 Å². The van der Waals surface area contributed by atoms with E-state index < -0.39 is 21.4 Å². The van der Waals surface area contributed by atoms with E-state index in [1.165, 1.54) is 19.1 Å². The van der Waals surface area contributed by atoms with Gasteiger partial charge in [-0.2, -0.15) is 21.6 Å². The van der Waals surface area contributed by atoms with Crippen LogP contribution in [0.4, 0.5) is 13.2 Å². The Hall–Kier alpha value is -2.10. The molecule has 11 heteroatoms. The molecule has 2 rings (SSSR count). The van der Waals surface area contributed by atoms with Crippen LogP contribution in [0.15, 0.2) is 58.7 Å². The molecule has 27 heavy (non-hydrogen) atoms. The summed E-state index contributed by atoms with van der Waals surface area (Å²) in [6, 6.07) is 11.4. The Bertz CT molecular complexity index is 967. The average molecular weight is 439 g/mol. The van der Waals surface area contributed by atoms with Crippen molar-refractivity contribution in [3.05, 3.63) is 64.7 Å². The third-order valence-corrected chi connectivity index (χ3v) is 4.33. The van der Waals surface area contributed by atoms with Gasteiger partial charge in [-0.1, -0.05) is 35.3 Å². The maximum Gasteiger partial charge on any atom is 0.534 e.